The SMILES string of the molecule is O=[C]Nc1cc[c]cc1NC=O. The van der Waals surface area contributed by atoms with Crippen LogP contribution in [-0.2, 0) is 9.59 Å². The van der Waals surface area contributed by atoms with E-state index in [1.807, 2.05) is 0 Å². The van der Waals surface area contributed by atoms with E-state index < -0.39 is 0 Å². The van der Waals surface area contributed by atoms with Gasteiger partial charge in [0.05, 0.1) is 11.4 Å². The van der Waals surface area contributed by atoms with Crippen LogP contribution in [0, 0.1) is 6.07 Å². The third kappa shape index (κ3) is 1.82. The third-order valence-electron chi connectivity index (χ3n) is 1.26. The Hall–Kier alpha value is -1.84. The van der Waals surface area contributed by atoms with Crippen LogP contribution in [0.4, 0.5) is 11.4 Å². The topological polar surface area (TPSA) is 58.2 Å². The smallest absolute Gasteiger partial charge is 0.314 e. The highest BCUT2D eigenvalue weighted by Gasteiger charge is 1.97. The Morgan fingerprint density at radius 3 is 3.00 bits per heavy atom. The second-order valence-corrected chi connectivity index (χ2v) is 1.96. The second-order valence-electron chi connectivity index (χ2n) is 1.96. The van der Waals surface area contributed by atoms with E-state index in [1.54, 1.807) is 18.2 Å². The van der Waals surface area contributed by atoms with E-state index in [4.69, 9.17) is 0 Å². The van der Waals surface area contributed by atoms with Gasteiger partial charge in [0.2, 0.25) is 6.41 Å². The Labute approximate surface area is 69.6 Å². The maximum absolute atomic E-state index is 10.1. The van der Waals surface area contributed by atoms with Gasteiger partial charge < -0.3 is 10.6 Å². The van der Waals surface area contributed by atoms with Crippen molar-refractivity contribution in [3.8, 4) is 0 Å². The summed E-state index contributed by atoms with van der Waals surface area (Å²) in [6, 6.07) is 7.53. The summed E-state index contributed by atoms with van der Waals surface area (Å²) in [6.45, 7) is 0. The Balaban J connectivity index is 2.90. The zero-order chi connectivity index (χ0) is 8.81. The quantitative estimate of drug-likeness (QED) is 0.501. The first-order chi connectivity index (χ1) is 5.88. The maximum Gasteiger partial charge on any atom is 0.314 e. The van der Waals surface area contributed by atoms with Gasteiger partial charge in [0, 0.05) is 0 Å². The summed E-state index contributed by atoms with van der Waals surface area (Å²) in [5.41, 5.74) is 0.992. The van der Waals surface area contributed by atoms with Gasteiger partial charge in [-0.15, -0.1) is 0 Å². The van der Waals surface area contributed by atoms with Gasteiger partial charge in [-0.25, -0.2) is 0 Å². The van der Waals surface area contributed by atoms with Crippen LogP contribution in [0.1, 0.15) is 0 Å². The van der Waals surface area contributed by atoms with Gasteiger partial charge in [0.1, 0.15) is 0 Å². The van der Waals surface area contributed by atoms with Crippen molar-refractivity contribution in [2.45, 2.75) is 0 Å². The highest BCUT2D eigenvalue weighted by molar-refractivity contribution is 5.86. The molecule has 0 spiro atoms. The van der Waals surface area contributed by atoms with E-state index >= 15 is 0 Å². The molecule has 0 aliphatic rings. The summed E-state index contributed by atoms with van der Waals surface area (Å²) in [5, 5.41) is 4.72. The molecule has 1 aromatic carbocycles. The number of rotatable bonds is 4. The molecule has 0 fully saturated rings. The van der Waals surface area contributed by atoms with Crippen LogP contribution in [0.25, 0.3) is 0 Å². The summed E-state index contributed by atoms with van der Waals surface area (Å²) in [7, 11) is 0. The first-order valence-electron chi connectivity index (χ1n) is 3.22. The lowest BCUT2D eigenvalue weighted by molar-refractivity contribution is -0.105. The van der Waals surface area contributed by atoms with Crippen molar-refractivity contribution in [1.82, 2.24) is 0 Å². The van der Waals surface area contributed by atoms with E-state index in [9.17, 15) is 9.59 Å². The molecule has 0 aliphatic heterocycles. The van der Waals surface area contributed by atoms with Gasteiger partial charge >= 0.3 is 6.41 Å². The minimum Gasteiger partial charge on any atom is -0.327 e. The fourth-order valence-electron chi connectivity index (χ4n) is 0.777. The molecule has 0 aliphatic carbocycles. The predicted octanol–water partition coefficient (Wildman–Crippen LogP) is 0.534. The molecular formula is C8H6N2O2. The number of hydrogen-bond acceptors (Lipinski definition) is 2. The number of hydrogen-bond donors (Lipinski definition) is 2. The molecule has 4 heteroatoms. The zero-order valence-electron chi connectivity index (χ0n) is 6.13. The van der Waals surface area contributed by atoms with Gasteiger partial charge in [0.25, 0.3) is 0 Å². The number of carbonyl (C=O) groups is 1. The molecule has 4 nitrogen and oxygen atoms in total. The summed E-state index contributed by atoms with van der Waals surface area (Å²) in [4.78, 5) is 20.0. The van der Waals surface area contributed by atoms with Crippen LogP contribution < -0.4 is 10.6 Å². The van der Waals surface area contributed by atoms with E-state index in [0.717, 1.165) is 0 Å². The molecule has 0 unspecified atom stereocenters. The van der Waals surface area contributed by atoms with Crippen molar-refractivity contribution in [2.24, 2.45) is 0 Å². The molecule has 1 aromatic rings. The summed E-state index contributed by atoms with van der Waals surface area (Å²) >= 11 is 0. The molecule has 12 heavy (non-hydrogen) atoms. The van der Waals surface area contributed by atoms with Crippen molar-refractivity contribution in [3.63, 3.8) is 0 Å². The van der Waals surface area contributed by atoms with Crippen molar-refractivity contribution >= 4 is 24.2 Å². The Kier molecular flexibility index (Phi) is 2.84. The van der Waals surface area contributed by atoms with Gasteiger partial charge in [-0.2, -0.15) is 0 Å². The first-order valence-corrected chi connectivity index (χ1v) is 3.22. The lowest BCUT2D eigenvalue weighted by Gasteiger charge is -2.03. The standard InChI is InChI=1S/C8H6N2O2/c11-5-9-7-3-1-2-4-8(7)10-6-12/h1,3-4,6H,(H,9,11)(H,10,12). The molecule has 60 valence electrons. The molecule has 1 rings (SSSR count). The average Bonchev–Trinajstić information content (AvgIpc) is 2.09. The van der Waals surface area contributed by atoms with Crippen molar-refractivity contribution in [2.75, 3.05) is 10.6 Å². The largest absolute Gasteiger partial charge is 0.327 e. The normalized spacial score (nSPS) is 8.67. The summed E-state index contributed by atoms with van der Waals surface area (Å²) in [5.74, 6) is 0. The minimum atomic E-state index is 0.496. The first kappa shape index (κ1) is 8.26. The Morgan fingerprint density at radius 2 is 2.33 bits per heavy atom. The van der Waals surface area contributed by atoms with Crippen LogP contribution in [0.3, 0.4) is 0 Å². The monoisotopic (exact) mass is 162 g/mol. The molecule has 0 bridgehead atoms. The second kappa shape index (κ2) is 4.12. The van der Waals surface area contributed by atoms with Gasteiger partial charge in [-0.1, -0.05) is 6.07 Å². The summed E-state index contributed by atoms with van der Waals surface area (Å²) in [6.07, 6.45) is 2.04. The molecular weight excluding hydrogens is 156 g/mol. The number of benzene rings is 1. The molecule has 0 saturated carbocycles. The van der Waals surface area contributed by atoms with Crippen LogP contribution in [-0.4, -0.2) is 12.8 Å². The fourth-order valence-corrected chi connectivity index (χ4v) is 0.777. The Morgan fingerprint density at radius 1 is 1.50 bits per heavy atom. The van der Waals surface area contributed by atoms with Crippen molar-refractivity contribution in [3.05, 3.63) is 24.3 Å². The van der Waals surface area contributed by atoms with E-state index in [2.05, 4.69) is 16.7 Å². The van der Waals surface area contributed by atoms with Crippen molar-refractivity contribution < 1.29 is 9.59 Å². The lowest BCUT2D eigenvalue weighted by Crippen LogP contribution is -2.00. The van der Waals surface area contributed by atoms with Crippen LogP contribution in [0.2, 0.25) is 0 Å². The number of nitrogens with one attached hydrogen (secondary N) is 2. The van der Waals surface area contributed by atoms with E-state index in [1.165, 1.54) is 6.41 Å². The van der Waals surface area contributed by atoms with E-state index in [0.29, 0.717) is 17.8 Å². The number of carbonyl (C=O) groups excluding carboxylic acids is 2. The van der Waals surface area contributed by atoms with E-state index in [-0.39, 0.29) is 0 Å². The molecule has 2 radical (unpaired) electrons. The molecule has 0 heterocycles. The summed E-state index contributed by atoms with van der Waals surface area (Å²) < 4.78 is 0. The van der Waals surface area contributed by atoms with Gasteiger partial charge in [-0.05, 0) is 18.2 Å². The van der Waals surface area contributed by atoms with Crippen LogP contribution >= 0.6 is 0 Å². The molecule has 2 amide bonds. The van der Waals surface area contributed by atoms with Gasteiger partial charge in [-0.3, -0.25) is 9.59 Å². The molecule has 0 aromatic heterocycles. The zero-order valence-corrected chi connectivity index (χ0v) is 6.13. The lowest BCUT2D eigenvalue weighted by atomic mass is 10.2. The van der Waals surface area contributed by atoms with Crippen LogP contribution in [0.15, 0.2) is 18.2 Å². The predicted molar refractivity (Wildman–Crippen MR) is 44.3 cm³/mol. The van der Waals surface area contributed by atoms with Gasteiger partial charge in [0.15, 0.2) is 0 Å². The number of amides is 2. The van der Waals surface area contributed by atoms with Crippen LogP contribution in [0.5, 0.6) is 0 Å². The highest BCUT2D eigenvalue weighted by Crippen LogP contribution is 2.18. The average molecular weight is 162 g/mol. The van der Waals surface area contributed by atoms with Crippen molar-refractivity contribution in [1.29, 1.82) is 0 Å². The molecule has 2 N–H and O–H groups in total. The molecule has 0 saturated heterocycles. The Bertz CT molecular complexity index is 257. The minimum absolute atomic E-state index is 0.496. The maximum atomic E-state index is 10.1. The third-order valence-corrected chi connectivity index (χ3v) is 1.26. The highest BCUT2D eigenvalue weighted by atomic mass is 16.1. The number of anilines is 2. The fraction of sp³-hybridized carbons (Fsp3) is 0. The molecule has 0 atom stereocenters.